The van der Waals surface area contributed by atoms with E-state index >= 15 is 0 Å². The number of halogens is 1. The van der Waals surface area contributed by atoms with Crippen molar-refractivity contribution in [3.8, 4) is 33.9 Å². The second-order valence-electron chi connectivity index (χ2n) is 9.24. The fourth-order valence-electron chi connectivity index (χ4n) is 4.49. The molecular weight excluding hydrogens is 469 g/mol. The number of benzene rings is 1. The summed E-state index contributed by atoms with van der Waals surface area (Å²) in [6.45, 7) is 0.942. The fraction of sp³-hybridized carbons (Fsp3) is 0.185. The van der Waals surface area contributed by atoms with Crippen LogP contribution in [0.4, 0.5) is 4.39 Å². The molecule has 0 aliphatic rings. The second kappa shape index (κ2) is 9.47. The summed E-state index contributed by atoms with van der Waals surface area (Å²) in [7, 11) is 4.07. The maximum Gasteiger partial charge on any atom is 0.159 e. The van der Waals surface area contributed by atoms with Gasteiger partial charge in [0, 0.05) is 35.1 Å². The molecule has 0 aliphatic heterocycles. The number of aromatic nitrogens is 8. The molecule has 9 nitrogen and oxygen atoms in total. The van der Waals surface area contributed by atoms with Gasteiger partial charge < -0.3 is 9.88 Å². The number of aromatic amines is 2. The Morgan fingerprint density at radius 1 is 0.892 bits per heavy atom. The van der Waals surface area contributed by atoms with Gasteiger partial charge in [-0.2, -0.15) is 5.10 Å². The van der Waals surface area contributed by atoms with Gasteiger partial charge in [-0.15, -0.1) is 0 Å². The minimum absolute atomic E-state index is 0.270. The molecule has 0 saturated heterocycles. The van der Waals surface area contributed by atoms with Gasteiger partial charge in [0.05, 0.1) is 34.6 Å². The molecular formula is C27H24FN9. The topological polar surface area (TPSA) is 112 Å². The van der Waals surface area contributed by atoms with Gasteiger partial charge in [0.1, 0.15) is 17.8 Å². The first kappa shape index (κ1) is 22.9. The van der Waals surface area contributed by atoms with Crippen LogP contribution in [-0.4, -0.2) is 65.6 Å². The number of H-pyrrole nitrogens is 2. The van der Waals surface area contributed by atoms with Gasteiger partial charge in [-0.05, 0) is 62.8 Å². The summed E-state index contributed by atoms with van der Waals surface area (Å²) in [5, 5.41) is 8.38. The van der Waals surface area contributed by atoms with Crippen LogP contribution in [0.25, 0.3) is 55.8 Å². The second-order valence-corrected chi connectivity index (χ2v) is 9.24. The van der Waals surface area contributed by atoms with Gasteiger partial charge in [0.25, 0.3) is 0 Å². The zero-order chi connectivity index (χ0) is 25.4. The summed E-state index contributed by atoms with van der Waals surface area (Å²) in [4.78, 5) is 27.4. The molecule has 37 heavy (non-hydrogen) atoms. The molecule has 2 N–H and O–H groups in total. The van der Waals surface area contributed by atoms with E-state index in [0.29, 0.717) is 17.0 Å². The maximum atomic E-state index is 14.6. The molecule has 0 spiro atoms. The lowest BCUT2D eigenvalue weighted by atomic mass is 10.0. The summed E-state index contributed by atoms with van der Waals surface area (Å²) in [6, 6.07) is 7.09. The molecule has 10 heteroatoms. The van der Waals surface area contributed by atoms with Gasteiger partial charge in [-0.1, -0.05) is 6.07 Å². The lowest BCUT2D eigenvalue weighted by Gasteiger charge is -2.10. The van der Waals surface area contributed by atoms with Crippen molar-refractivity contribution < 1.29 is 4.39 Å². The number of hydrogen-bond donors (Lipinski definition) is 2. The predicted octanol–water partition coefficient (Wildman–Crippen LogP) is 4.65. The van der Waals surface area contributed by atoms with Crippen LogP contribution >= 0.6 is 0 Å². The van der Waals surface area contributed by atoms with Gasteiger partial charge in [-0.25, -0.2) is 19.3 Å². The average Bonchev–Trinajstić information content (AvgIpc) is 3.52. The predicted molar refractivity (Wildman–Crippen MR) is 140 cm³/mol. The van der Waals surface area contributed by atoms with Gasteiger partial charge in [0.15, 0.2) is 5.82 Å². The Morgan fingerprint density at radius 3 is 2.59 bits per heavy atom. The standard InChI is InChI=1S/C27H24FN9/c1-37(2)5-3-4-16-6-17(8-19(28)7-16)21-12-29-13-24-25(21)34-27(33-24)26-20-9-22(18-10-30-15-31-11-18)32-14-23(20)35-36-26/h6-15H,3-5H2,1-2H3,(H,33,34)(H,35,36). The van der Waals surface area contributed by atoms with Crippen LogP contribution in [0, 0.1) is 5.82 Å². The molecule has 0 saturated carbocycles. The lowest BCUT2D eigenvalue weighted by molar-refractivity contribution is 0.400. The summed E-state index contributed by atoms with van der Waals surface area (Å²) in [5.74, 6) is 0.313. The molecule has 6 rings (SSSR count). The van der Waals surface area contributed by atoms with Crippen LogP contribution in [0.15, 0.2) is 61.6 Å². The van der Waals surface area contributed by atoms with E-state index in [0.717, 1.165) is 63.8 Å². The number of pyridine rings is 2. The Bertz CT molecular complexity index is 1710. The summed E-state index contributed by atoms with van der Waals surface area (Å²) < 4.78 is 14.6. The van der Waals surface area contributed by atoms with Crippen LogP contribution < -0.4 is 0 Å². The van der Waals surface area contributed by atoms with Crippen LogP contribution in [-0.2, 0) is 6.42 Å². The van der Waals surface area contributed by atoms with Gasteiger partial charge in [0.2, 0.25) is 0 Å². The van der Waals surface area contributed by atoms with E-state index in [1.165, 1.54) is 12.4 Å². The Balaban J connectivity index is 1.41. The van der Waals surface area contributed by atoms with Crippen molar-refractivity contribution in [3.63, 3.8) is 0 Å². The van der Waals surface area contributed by atoms with Crippen LogP contribution in [0.1, 0.15) is 12.0 Å². The van der Waals surface area contributed by atoms with E-state index in [1.807, 2.05) is 26.2 Å². The lowest BCUT2D eigenvalue weighted by Crippen LogP contribution is -2.13. The third-order valence-electron chi connectivity index (χ3n) is 6.26. The highest BCUT2D eigenvalue weighted by Crippen LogP contribution is 2.32. The molecule has 184 valence electrons. The Kier molecular flexibility index (Phi) is 5.85. The first-order chi connectivity index (χ1) is 18.0. The molecule has 0 aliphatic carbocycles. The minimum atomic E-state index is -0.270. The number of nitrogens with one attached hydrogen (secondary N) is 2. The number of hydrogen-bond acceptors (Lipinski definition) is 7. The van der Waals surface area contributed by atoms with Crippen LogP contribution in [0.5, 0.6) is 0 Å². The van der Waals surface area contributed by atoms with Gasteiger partial charge in [-0.3, -0.25) is 15.1 Å². The number of imidazole rings is 1. The SMILES string of the molecule is CN(C)CCCc1cc(F)cc(-c2cncc3[nH]c(-c4n[nH]c5cnc(-c6cncnc6)cc45)nc23)c1. The molecule has 0 fully saturated rings. The summed E-state index contributed by atoms with van der Waals surface area (Å²) >= 11 is 0. The molecule has 5 heterocycles. The Hall–Kier alpha value is -4.57. The number of fused-ring (bicyclic) bond motifs is 2. The van der Waals surface area contributed by atoms with E-state index < -0.39 is 0 Å². The molecule has 0 unspecified atom stereocenters. The van der Waals surface area contributed by atoms with E-state index in [2.05, 4.69) is 40.0 Å². The van der Waals surface area contributed by atoms with E-state index in [1.54, 1.807) is 37.1 Å². The largest absolute Gasteiger partial charge is 0.335 e. The van der Waals surface area contributed by atoms with Gasteiger partial charge >= 0.3 is 0 Å². The van der Waals surface area contributed by atoms with E-state index in [-0.39, 0.29) is 5.82 Å². The van der Waals surface area contributed by atoms with E-state index in [4.69, 9.17) is 4.98 Å². The van der Waals surface area contributed by atoms with Crippen molar-refractivity contribution in [2.75, 3.05) is 20.6 Å². The maximum absolute atomic E-state index is 14.6. The number of aryl methyl sites for hydroxylation is 1. The highest BCUT2D eigenvalue weighted by molar-refractivity contribution is 5.97. The normalized spacial score (nSPS) is 11.7. The third kappa shape index (κ3) is 4.54. The van der Waals surface area contributed by atoms with Crippen LogP contribution in [0.2, 0.25) is 0 Å². The fourth-order valence-corrected chi connectivity index (χ4v) is 4.49. The molecule has 0 atom stereocenters. The first-order valence-corrected chi connectivity index (χ1v) is 11.9. The molecule has 0 amide bonds. The van der Waals surface area contributed by atoms with Crippen molar-refractivity contribution in [2.24, 2.45) is 0 Å². The Labute approximate surface area is 211 Å². The zero-order valence-corrected chi connectivity index (χ0v) is 20.4. The number of rotatable bonds is 7. The van der Waals surface area contributed by atoms with E-state index in [9.17, 15) is 4.39 Å². The molecule has 1 aromatic carbocycles. The van der Waals surface area contributed by atoms with Crippen molar-refractivity contribution in [2.45, 2.75) is 12.8 Å². The Morgan fingerprint density at radius 2 is 1.76 bits per heavy atom. The third-order valence-corrected chi connectivity index (χ3v) is 6.26. The van der Waals surface area contributed by atoms with Crippen molar-refractivity contribution >= 4 is 21.9 Å². The van der Waals surface area contributed by atoms with Crippen molar-refractivity contribution in [1.82, 2.24) is 45.0 Å². The van der Waals surface area contributed by atoms with Crippen molar-refractivity contribution in [3.05, 3.63) is 73.0 Å². The van der Waals surface area contributed by atoms with Crippen molar-refractivity contribution in [1.29, 1.82) is 0 Å². The van der Waals surface area contributed by atoms with Crippen LogP contribution in [0.3, 0.4) is 0 Å². The molecule has 5 aromatic heterocycles. The molecule has 6 aromatic rings. The monoisotopic (exact) mass is 493 g/mol. The summed E-state index contributed by atoms with van der Waals surface area (Å²) in [5.41, 5.74) is 6.88. The highest BCUT2D eigenvalue weighted by atomic mass is 19.1. The summed E-state index contributed by atoms with van der Waals surface area (Å²) in [6.07, 6.45) is 11.8. The minimum Gasteiger partial charge on any atom is -0.335 e. The smallest absolute Gasteiger partial charge is 0.159 e. The molecule has 0 bridgehead atoms. The average molecular weight is 494 g/mol. The quantitative estimate of drug-likeness (QED) is 0.333. The zero-order valence-electron chi connectivity index (χ0n) is 20.4. The highest BCUT2D eigenvalue weighted by Gasteiger charge is 2.17. The number of nitrogens with zero attached hydrogens (tertiary/aromatic N) is 7. The first-order valence-electron chi connectivity index (χ1n) is 11.9. The molecule has 0 radical (unpaired) electrons.